The molecule has 1 aliphatic rings. The number of aromatic nitrogens is 2. The number of carbonyl (C=O) groups excluding carboxylic acids is 1. The summed E-state index contributed by atoms with van der Waals surface area (Å²) in [6, 6.07) is 10.2. The van der Waals surface area contributed by atoms with Gasteiger partial charge in [0.15, 0.2) is 0 Å². The lowest BCUT2D eigenvalue weighted by Crippen LogP contribution is -2.38. The molecular formula is C20H18F3N3O. The largest absolute Gasteiger partial charge is 0.433 e. The van der Waals surface area contributed by atoms with Crippen molar-refractivity contribution >= 4 is 16.8 Å². The van der Waals surface area contributed by atoms with Crippen molar-refractivity contribution in [2.24, 2.45) is 0 Å². The van der Waals surface area contributed by atoms with Gasteiger partial charge >= 0.3 is 6.18 Å². The SMILES string of the molecule is O=C(c1ccc(C(F)(F)F)nc1)N1CCC(c2c[nH]c3ccccc23)CC1. The van der Waals surface area contributed by atoms with E-state index in [0.29, 0.717) is 19.0 Å². The zero-order valence-corrected chi connectivity index (χ0v) is 14.5. The molecule has 27 heavy (non-hydrogen) atoms. The second-order valence-electron chi connectivity index (χ2n) is 6.79. The number of piperidine rings is 1. The average molecular weight is 373 g/mol. The molecule has 1 aromatic carbocycles. The monoisotopic (exact) mass is 373 g/mol. The number of H-pyrrole nitrogens is 1. The molecule has 3 heterocycles. The number of hydrogen-bond acceptors (Lipinski definition) is 2. The van der Waals surface area contributed by atoms with Gasteiger partial charge in [-0.1, -0.05) is 18.2 Å². The van der Waals surface area contributed by atoms with Gasteiger partial charge in [-0.05, 0) is 42.5 Å². The summed E-state index contributed by atoms with van der Waals surface area (Å²) in [5.74, 6) is 0.0875. The minimum absolute atomic E-state index is 0.188. The van der Waals surface area contributed by atoms with Crippen LogP contribution in [0, 0.1) is 0 Å². The quantitative estimate of drug-likeness (QED) is 0.714. The third-order valence-electron chi connectivity index (χ3n) is 5.14. The Morgan fingerprint density at radius 2 is 1.85 bits per heavy atom. The molecule has 0 bridgehead atoms. The van der Waals surface area contributed by atoms with Crippen molar-refractivity contribution in [2.45, 2.75) is 24.9 Å². The van der Waals surface area contributed by atoms with Crippen molar-refractivity contribution in [3.63, 3.8) is 0 Å². The fourth-order valence-electron chi connectivity index (χ4n) is 3.70. The summed E-state index contributed by atoms with van der Waals surface area (Å²) in [5, 5.41) is 1.20. The van der Waals surface area contributed by atoms with Crippen LogP contribution in [0.15, 0.2) is 48.8 Å². The van der Waals surface area contributed by atoms with Gasteiger partial charge in [-0.25, -0.2) is 0 Å². The molecular weight excluding hydrogens is 355 g/mol. The minimum Gasteiger partial charge on any atom is -0.361 e. The summed E-state index contributed by atoms with van der Waals surface area (Å²) in [4.78, 5) is 20.9. The summed E-state index contributed by atoms with van der Waals surface area (Å²) < 4.78 is 37.8. The van der Waals surface area contributed by atoms with E-state index in [9.17, 15) is 18.0 Å². The van der Waals surface area contributed by atoms with Crippen LogP contribution in [-0.4, -0.2) is 33.9 Å². The highest BCUT2D eigenvalue weighted by Crippen LogP contribution is 2.33. The van der Waals surface area contributed by atoms with E-state index in [1.165, 1.54) is 17.0 Å². The van der Waals surface area contributed by atoms with Crippen LogP contribution >= 0.6 is 0 Å². The average Bonchev–Trinajstić information content (AvgIpc) is 3.11. The summed E-state index contributed by atoms with van der Waals surface area (Å²) in [6.07, 6.45) is 0.187. The van der Waals surface area contributed by atoms with Crippen molar-refractivity contribution in [3.05, 3.63) is 65.6 Å². The number of para-hydroxylation sites is 1. The Hall–Kier alpha value is -2.83. The number of fused-ring (bicyclic) bond motifs is 1. The van der Waals surface area contributed by atoms with Gasteiger partial charge in [0.25, 0.3) is 5.91 Å². The maximum Gasteiger partial charge on any atom is 0.433 e. The molecule has 0 spiro atoms. The Morgan fingerprint density at radius 3 is 2.52 bits per heavy atom. The lowest BCUT2D eigenvalue weighted by Gasteiger charge is -2.32. The number of carbonyl (C=O) groups is 1. The minimum atomic E-state index is -4.50. The standard InChI is InChI=1S/C20H18F3N3O/c21-20(22,23)18-6-5-14(11-25-18)19(27)26-9-7-13(8-10-26)16-12-24-17-4-2-1-3-15(16)17/h1-6,11-13,24H,7-10H2. The number of hydrogen-bond donors (Lipinski definition) is 1. The van der Waals surface area contributed by atoms with Gasteiger partial charge in [-0.2, -0.15) is 13.2 Å². The Bertz CT molecular complexity index is 955. The van der Waals surface area contributed by atoms with Crippen molar-refractivity contribution < 1.29 is 18.0 Å². The third kappa shape index (κ3) is 3.41. The van der Waals surface area contributed by atoms with Crippen LogP contribution in [0.2, 0.25) is 0 Å². The van der Waals surface area contributed by atoms with Gasteiger partial charge in [0.1, 0.15) is 5.69 Å². The molecule has 1 amide bonds. The van der Waals surface area contributed by atoms with Crippen LogP contribution in [0.25, 0.3) is 10.9 Å². The maximum atomic E-state index is 12.6. The number of likely N-dealkylation sites (tertiary alicyclic amines) is 1. The summed E-state index contributed by atoms with van der Waals surface area (Å²) in [7, 11) is 0. The molecule has 0 aliphatic carbocycles. The van der Waals surface area contributed by atoms with Crippen LogP contribution in [0.3, 0.4) is 0 Å². The molecule has 4 rings (SSSR count). The molecule has 0 radical (unpaired) electrons. The van der Waals surface area contributed by atoms with E-state index < -0.39 is 11.9 Å². The number of benzene rings is 1. The zero-order chi connectivity index (χ0) is 19.0. The van der Waals surface area contributed by atoms with Crippen LogP contribution in [-0.2, 0) is 6.18 Å². The highest BCUT2D eigenvalue weighted by molar-refractivity contribution is 5.94. The van der Waals surface area contributed by atoms with E-state index in [-0.39, 0.29) is 11.5 Å². The second kappa shape index (κ2) is 6.72. The highest BCUT2D eigenvalue weighted by Gasteiger charge is 2.33. The lowest BCUT2D eigenvalue weighted by molar-refractivity contribution is -0.141. The number of amides is 1. The fraction of sp³-hybridized carbons (Fsp3) is 0.300. The maximum absolute atomic E-state index is 12.6. The number of aromatic amines is 1. The number of alkyl halides is 3. The van der Waals surface area contributed by atoms with Crippen molar-refractivity contribution in [2.75, 3.05) is 13.1 Å². The first-order valence-corrected chi connectivity index (χ1v) is 8.82. The lowest BCUT2D eigenvalue weighted by atomic mass is 9.89. The molecule has 3 aromatic rings. The topological polar surface area (TPSA) is 49.0 Å². The van der Waals surface area contributed by atoms with Crippen molar-refractivity contribution in [3.8, 4) is 0 Å². The summed E-state index contributed by atoms with van der Waals surface area (Å²) >= 11 is 0. The number of pyridine rings is 1. The highest BCUT2D eigenvalue weighted by atomic mass is 19.4. The van der Waals surface area contributed by atoms with Gasteiger partial charge < -0.3 is 9.88 Å². The van der Waals surface area contributed by atoms with Gasteiger partial charge in [-0.3, -0.25) is 9.78 Å². The van der Waals surface area contributed by atoms with E-state index in [1.807, 2.05) is 24.4 Å². The molecule has 4 nitrogen and oxygen atoms in total. The number of halogens is 3. The summed E-state index contributed by atoms with van der Waals surface area (Å²) in [5.41, 5.74) is 1.56. The Kier molecular flexibility index (Phi) is 4.37. The van der Waals surface area contributed by atoms with Crippen LogP contribution < -0.4 is 0 Å². The van der Waals surface area contributed by atoms with Crippen LogP contribution in [0.5, 0.6) is 0 Å². The first kappa shape index (κ1) is 17.6. The Balaban J connectivity index is 1.43. The molecule has 0 unspecified atom stereocenters. The number of nitrogens with one attached hydrogen (secondary N) is 1. The predicted octanol–water partition coefficient (Wildman–Crippen LogP) is 4.60. The van der Waals surface area contributed by atoms with Crippen molar-refractivity contribution in [1.29, 1.82) is 0 Å². The molecule has 1 aliphatic heterocycles. The molecule has 0 atom stereocenters. The molecule has 140 valence electrons. The van der Waals surface area contributed by atoms with Crippen molar-refractivity contribution in [1.82, 2.24) is 14.9 Å². The smallest absolute Gasteiger partial charge is 0.361 e. The molecule has 1 fully saturated rings. The molecule has 1 saturated heterocycles. The van der Waals surface area contributed by atoms with Gasteiger partial charge in [0.05, 0.1) is 5.56 Å². The second-order valence-corrected chi connectivity index (χ2v) is 6.79. The summed E-state index contributed by atoms with van der Waals surface area (Å²) in [6.45, 7) is 1.15. The normalized spacial score (nSPS) is 16.0. The van der Waals surface area contributed by atoms with E-state index in [1.54, 1.807) is 4.90 Å². The molecule has 2 aromatic heterocycles. The first-order valence-electron chi connectivity index (χ1n) is 8.82. The van der Waals surface area contributed by atoms with Crippen LogP contribution in [0.4, 0.5) is 13.2 Å². The van der Waals surface area contributed by atoms with E-state index in [4.69, 9.17) is 0 Å². The zero-order valence-electron chi connectivity index (χ0n) is 14.5. The predicted molar refractivity (Wildman–Crippen MR) is 95.4 cm³/mol. The fourth-order valence-corrected chi connectivity index (χ4v) is 3.70. The number of nitrogens with zero attached hydrogens (tertiary/aromatic N) is 2. The first-order chi connectivity index (χ1) is 12.9. The third-order valence-corrected chi connectivity index (χ3v) is 5.14. The van der Waals surface area contributed by atoms with E-state index >= 15 is 0 Å². The van der Waals surface area contributed by atoms with E-state index in [2.05, 4.69) is 16.0 Å². The molecule has 1 N–H and O–H groups in total. The Labute approximate surface area is 154 Å². The van der Waals surface area contributed by atoms with Gasteiger partial charge in [0, 0.05) is 36.4 Å². The van der Waals surface area contributed by atoms with Crippen LogP contribution in [0.1, 0.15) is 40.4 Å². The number of rotatable bonds is 2. The van der Waals surface area contributed by atoms with Gasteiger partial charge in [-0.15, -0.1) is 0 Å². The Morgan fingerprint density at radius 1 is 1.11 bits per heavy atom. The van der Waals surface area contributed by atoms with Gasteiger partial charge in [0.2, 0.25) is 0 Å². The molecule has 7 heteroatoms. The molecule has 0 saturated carbocycles. The van der Waals surface area contributed by atoms with E-state index in [0.717, 1.165) is 30.6 Å².